The monoisotopic (exact) mass is 407 g/mol. The van der Waals surface area contributed by atoms with Gasteiger partial charge in [-0.15, -0.1) is 0 Å². The van der Waals surface area contributed by atoms with E-state index in [0.717, 1.165) is 0 Å². The molecule has 1 unspecified atom stereocenters. The molecule has 2 aromatic heterocycles. The maximum absolute atomic E-state index is 13.3. The molecule has 3 heterocycles. The summed E-state index contributed by atoms with van der Waals surface area (Å²) in [5.74, 6) is 0.228. The van der Waals surface area contributed by atoms with E-state index in [1.54, 1.807) is 25.1 Å². The van der Waals surface area contributed by atoms with Gasteiger partial charge in [0.15, 0.2) is 10.7 Å². The predicted octanol–water partition coefficient (Wildman–Crippen LogP) is 2.67. The molecular weight excluding hydrogens is 382 g/mol. The van der Waals surface area contributed by atoms with Crippen LogP contribution in [0.2, 0.25) is 0 Å². The van der Waals surface area contributed by atoms with Crippen molar-refractivity contribution in [2.75, 3.05) is 13.1 Å². The quantitative estimate of drug-likeness (QED) is 0.789. The van der Waals surface area contributed by atoms with Crippen LogP contribution in [0.25, 0.3) is 12.2 Å². The molecule has 1 saturated heterocycles. The number of rotatable bonds is 6. The van der Waals surface area contributed by atoms with Crippen molar-refractivity contribution in [3.8, 4) is 0 Å². The molecular formula is C19H25N3O5S. The first-order valence-corrected chi connectivity index (χ1v) is 10.7. The topological polar surface area (TPSA) is 106 Å². The minimum atomic E-state index is -3.85. The minimum absolute atomic E-state index is 0.0122. The molecule has 1 aliphatic rings. The molecule has 9 heteroatoms. The van der Waals surface area contributed by atoms with Gasteiger partial charge >= 0.3 is 0 Å². The number of amides is 1. The van der Waals surface area contributed by atoms with Crippen LogP contribution in [0.3, 0.4) is 0 Å². The lowest BCUT2D eigenvalue weighted by Crippen LogP contribution is -2.46. The third-order valence-corrected chi connectivity index (χ3v) is 6.58. The lowest BCUT2D eigenvalue weighted by Gasteiger charge is -2.31. The fraction of sp³-hybridized carbons (Fsp3) is 0.474. The zero-order valence-electron chi connectivity index (χ0n) is 16.2. The summed E-state index contributed by atoms with van der Waals surface area (Å²) in [6, 6.07) is 3.49. The standard InChI is InChI=1S/C19H25N3O5S/c1-13(2)20-19(23)15-6-4-10-22(12-15)28(24,25)18-14(3)21-27-17(18)9-8-16-7-5-11-26-16/h5,7-9,11,13,15H,4,6,10,12H2,1-3H3,(H,20,23)/b9-8+. The molecule has 0 spiro atoms. The van der Waals surface area contributed by atoms with Gasteiger partial charge in [0, 0.05) is 19.1 Å². The molecule has 28 heavy (non-hydrogen) atoms. The summed E-state index contributed by atoms with van der Waals surface area (Å²) in [5, 5.41) is 6.69. The number of aryl methyl sites for hydroxylation is 1. The van der Waals surface area contributed by atoms with Crippen LogP contribution >= 0.6 is 0 Å². The lowest BCUT2D eigenvalue weighted by molar-refractivity contribution is -0.126. The number of hydrogen-bond acceptors (Lipinski definition) is 6. The van der Waals surface area contributed by atoms with E-state index in [9.17, 15) is 13.2 Å². The van der Waals surface area contributed by atoms with Crippen LogP contribution in [0.5, 0.6) is 0 Å². The second kappa shape index (κ2) is 8.32. The minimum Gasteiger partial charge on any atom is -0.465 e. The fourth-order valence-electron chi connectivity index (χ4n) is 3.25. The van der Waals surface area contributed by atoms with Gasteiger partial charge < -0.3 is 14.3 Å². The van der Waals surface area contributed by atoms with Gasteiger partial charge in [0.2, 0.25) is 15.9 Å². The van der Waals surface area contributed by atoms with Crippen molar-refractivity contribution < 1.29 is 22.2 Å². The fourth-order valence-corrected chi connectivity index (χ4v) is 5.02. The first-order chi connectivity index (χ1) is 13.3. The lowest BCUT2D eigenvalue weighted by atomic mass is 9.98. The summed E-state index contributed by atoms with van der Waals surface area (Å²) in [5.41, 5.74) is 0.285. The van der Waals surface area contributed by atoms with Gasteiger partial charge in [-0.2, -0.15) is 4.31 Å². The van der Waals surface area contributed by atoms with E-state index in [0.29, 0.717) is 25.1 Å². The Bertz CT molecular complexity index is 944. The van der Waals surface area contributed by atoms with Crippen molar-refractivity contribution in [3.05, 3.63) is 35.6 Å². The van der Waals surface area contributed by atoms with Gasteiger partial charge in [0.05, 0.1) is 12.2 Å². The normalized spacial score (nSPS) is 18.8. The van der Waals surface area contributed by atoms with Gasteiger partial charge in [-0.05, 0) is 57.9 Å². The van der Waals surface area contributed by atoms with E-state index < -0.39 is 10.0 Å². The molecule has 0 bridgehead atoms. The molecule has 1 atom stereocenters. The van der Waals surface area contributed by atoms with Crippen molar-refractivity contribution in [3.63, 3.8) is 0 Å². The highest BCUT2D eigenvalue weighted by Crippen LogP contribution is 2.29. The number of sulfonamides is 1. The highest BCUT2D eigenvalue weighted by molar-refractivity contribution is 7.89. The number of carbonyl (C=O) groups excluding carboxylic acids is 1. The van der Waals surface area contributed by atoms with Crippen LogP contribution in [-0.2, 0) is 14.8 Å². The van der Waals surface area contributed by atoms with Crippen molar-refractivity contribution in [1.82, 2.24) is 14.8 Å². The van der Waals surface area contributed by atoms with Gasteiger partial charge in [-0.25, -0.2) is 8.42 Å². The second-order valence-electron chi connectivity index (χ2n) is 7.18. The van der Waals surface area contributed by atoms with Crippen molar-refractivity contribution in [2.45, 2.75) is 44.6 Å². The number of carbonyl (C=O) groups is 1. The second-order valence-corrected chi connectivity index (χ2v) is 9.05. The number of furan rings is 1. The summed E-state index contributed by atoms with van der Waals surface area (Å²) in [4.78, 5) is 12.4. The zero-order valence-corrected chi connectivity index (χ0v) is 17.0. The van der Waals surface area contributed by atoms with Crippen LogP contribution in [-0.4, -0.2) is 42.9 Å². The summed E-state index contributed by atoms with van der Waals surface area (Å²) in [6.07, 6.45) is 5.96. The van der Waals surface area contributed by atoms with Crippen molar-refractivity contribution >= 4 is 28.1 Å². The van der Waals surface area contributed by atoms with Crippen LogP contribution in [0.4, 0.5) is 0 Å². The Morgan fingerprint density at radius 2 is 2.18 bits per heavy atom. The van der Waals surface area contributed by atoms with Crippen LogP contribution in [0.1, 0.15) is 43.9 Å². The third kappa shape index (κ3) is 4.36. The smallest absolute Gasteiger partial charge is 0.248 e. The Morgan fingerprint density at radius 1 is 1.39 bits per heavy atom. The Morgan fingerprint density at radius 3 is 2.86 bits per heavy atom. The zero-order chi connectivity index (χ0) is 20.3. The van der Waals surface area contributed by atoms with Crippen LogP contribution in [0.15, 0.2) is 32.2 Å². The summed E-state index contributed by atoms with van der Waals surface area (Å²) >= 11 is 0. The summed E-state index contributed by atoms with van der Waals surface area (Å²) in [6.45, 7) is 5.86. The van der Waals surface area contributed by atoms with Crippen LogP contribution < -0.4 is 5.32 Å². The van der Waals surface area contributed by atoms with Gasteiger partial charge in [0.1, 0.15) is 11.5 Å². The highest BCUT2D eigenvalue weighted by Gasteiger charge is 2.36. The van der Waals surface area contributed by atoms with Gasteiger partial charge in [0.25, 0.3) is 0 Å². The van der Waals surface area contributed by atoms with Crippen molar-refractivity contribution in [1.29, 1.82) is 0 Å². The molecule has 1 fully saturated rings. The van der Waals surface area contributed by atoms with E-state index in [-0.39, 0.29) is 40.8 Å². The Balaban J connectivity index is 1.84. The molecule has 2 aromatic rings. The third-order valence-electron chi connectivity index (χ3n) is 4.56. The molecule has 0 radical (unpaired) electrons. The Labute approximate surface area is 164 Å². The number of hydrogen-bond donors (Lipinski definition) is 1. The molecule has 0 aromatic carbocycles. The van der Waals surface area contributed by atoms with Crippen LogP contribution in [0, 0.1) is 12.8 Å². The molecule has 0 saturated carbocycles. The molecule has 1 amide bonds. The summed E-state index contributed by atoms with van der Waals surface area (Å²) in [7, 11) is -3.85. The predicted molar refractivity (Wildman–Crippen MR) is 104 cm³/mol. The van der Waals surface area contributed by atoms with E-state index in [1.807, 2.05) is 13.8 Å². The SMILES string of the molecule is Cc1noc(/C=C/c2ccco2)c1S(=O)(=O)N1CCCC(C(=O)NC(C)C)C1. The van der Waals surface area contributed by atoms with E-state index >= 15 is 0 Å². The molecule has 0 aliphatic carbocycles. The highest BCUT2D eigenvalue weighted by atomic mass is 32.2. The average Bonchev–Trinajstić information content (AvgIpc) is 3.29. The molecule has 1 N–H and O–H groups in total. The molecule has 1 aliphatic heterocycles. The number of nitrogens with zero attached hydrogens (tertiary/aromatic N) is 2. The maximum Gasteiger partial charge on any atom is 0.248 e. The molecule has 8 nitrogen and oxygen atoms in total. The number of piperidine rings is 1. The maximum atomic E-state index is 13.3. The molecule has 3 rings (SSSR count). The summed E-state index contributed by atoms with van der Waals surface area (Å²) < 4.78 is 38.4. The van der Waals surface area contributed by atoms with Crippen molar-refractivity contribution in [2.24, 2.45) is 5.92 Å². The number of nitrogens with one attached hydrogen (secondary N) is 1. The van der Waals surface area contributed by atoms with E-state index in [4.69, 9.17) is 8.94 Å². The Hall–Kier alpha value is -2.39. The van der Waals surface area contributed by atoms with E-state index in [2.05, 4.69) is 10.5 Å². The average molecular weight is 407 g/mol. The van der Waals surface area contributed by atoms with E-state index in [1.165, 1.54) is 16.6 Å². The number of aromatic nitrogens is 1. The largest absolute Gasteiger partial charge is 0.465 e. The van der Waals surface area contributed by atoms with Gasteiger partial charge in [-0.3, -0.25) is 4.79 Å². The van der Waals surface area contributed by atoms with Gasteiger partial charge in [-0.1, -0.05) is 5.16 Å². The first kappa shape index (κ1) is 20.3. The Kier molecular flexibility index (Phi) is 6.04. The first-order valence-electron chi connectivity index (χ1n) is 9.27. The molecule has 152 valence electrons.